The Labute approximate surface area is 157 Å². The van der Waals surface area contributed by atoms with Crippen LogP contribution in [0.1, 0.15) is 57.4 Å². The normalized spacial score (nSPS) is 16.1. The van der Waals surface area contributed by atoms with Gasteiger partial charge in [-0.2, -0.15) is 0 Å². The van der Waals surface area contributed by atoms with Crippen LogP contribution >= 0.6 is 0 Å². The maximum absolute atomic E-state index is 11.2. The second-order valence-corrected chi connectivity index (χ2v) is 7.17. The van der Waals surface area contributed by atoms with E-state index < -0.39 is 0 Å². The van der Waals surface area contributed by atoms with E-state index in [1.165, 1.54) is 32.1 Å². The van der Waals surface area contributed by atoms with Crippen LogP contribution in [0, 0.1) is 5.92 Å². The minimum atomic E-state index is 0.0414. The lowest BCUT2D eigenvalue weighted by Gasteiger charge is -2.28. The number of methoxy groups -OCH3 is 1. The van der Waals surface area contributed by atoms with Gasteiger partial charge >= 0.3 is 0 Å². The number of hydrogen-bond donors (Lipinski definition) is 2. The number of carbonyl (C=O) groups is 1. The number of nitrogens with one attached hydrogen (secondary N) is 2. The van der Waals surface area contributed by atoms with Gasteiger partial charge in [0.2, 0.25) is 5.91 Å². The minimum absolute atomic E-state index is 0.0414. The highest BCUT2D eigenvalue weighted by molar-refractivity contribution is 5.75. The molecule has 0 aliphatic heterocycles. The second kappa shape index (κ2) is 11.1. The molecule has 5 heteroatoms. The first-order valence-electron chi connectivity index (χ1n) is 9.87. The summed E-state index contributed by atoms with van der Waals surface area (Å²) in [7, 11) is 3.34. The summed E-state index contributed by atoms with van der Waals surface area (Å²) in [4.78, 5) is 11.2. The van der Waals surface area contributed by atoms with Gasteiger partial charge < -0.3 is 20.1 Å². The first-order valence-corrected chi connectivity index (χ1v) is 9.87. The molecular weight excluding hydrogens is 328 g/mol. The molecule has 2 rings (SSSR count). The number of rotatable bonds is 10. The molecule has 1 atom stereocenters. The third kappa shape index (κ3) is 6.52. The van der Waals surface area contributed by atoms with Crippen LogP contribution in [0.15, 0.2) is 18.2 Å². The largest absolute Gasteiger partial charge is 0.496 e. The van der Waals surface area contributed by atoms with Crippen LogP contribution in [0.3, 0.4) is 0 Å². The molecule has 1 saturated carbocycles. The number of amides is 1. The zero-order chi connectivity index (χ0) is 18.8. The van der Waals surface area contributed by atoms with Crippen LogP contribution in [0.4, 0.5) is 0 Å². The molecule has 5 nitrogen and oxygen atoms in total. The molecule has 0 heterocycles. The summed E-state index contributed by atoms with van der Waals surface area (Å²) in [5.41, 5.74) is 1.15. The van der Waals surface area contributed by atoms with Crippen molar-refractivity contribution in [2.45, 2.75) is 64.5 Å². The smallest absolute Gasteiger partial charge is 0.219 e. The summed E-state index contributed by atoms with van der Waals surface area (Å²) < 4.78 is 11.3. The highest BCUT2D eigenvalue weighted by atomic mass is 16.5. The molecule has 1 aliphatic carbocycles. The standard InChI is InChI=1S/C21H34N2O3/c1-16(17-8-5-4-6-9-17)23-15-18-11-12-19(14-20(18)25-3)26-13-7-10-21(24)22-2/h11-12,14,16-17,23H,4-10,13,15H2,1-3H3,(H,22,24). The Hall–Kier alpha value is -1.75. The monoisotopic (exact) mass is 362 g/mol. The summed E-state index contributed by atoms with van der Waals surface area (Å²) in [6.45, 7) is 3.62. The van der Waals surface area contributed by atoms with Crippen LogP contribution in [-0.4, -0.2) is 32.7 Å². The predicted molar refractivity (Wildman–Crippen MR) is 105 cm³/mol. The quantitative estimate of drug-likeness (QED) is 0.624. The van der Waals surface area contributed by atoms with Gasteiger partial charge in [-0.1, -0.05) is 25.3 Å². The number of hydrogen-bond acceptors (Lipinski definition) is 4. The van der Waals surface area contributed by atoms with E-state index in [4.69, 9.17) is 9.47 Å². The van der Waals surface area contributed by atoms with Gasteiger partial charge in [0.1, 0.15) is 11.5 Å². The van der Waals surface area contributed by atoms with Crippen molar-refractivity contribution in [2.24, 2.45) is 5.92 Å². The van der Waals surface area contributed by atoms with Crippen molar-refractivity contribution in [1.82, 2.24) is 10.6 Å². The average molecular weight is 363 g/mol. The van der Waals surface area contributed by atoms with Gasteiger partial charge in [0.25, 0.3) is 0 Å². The Kier molecular flexibility index (Phi) is 8.75. The van der Waals surface area contributed by atoms with E-state index in [9.17, 15) is 4.79 Å². The molecule has 1 unspecified atom stereocenters. The molecule has 0 aromatic heterocycles. The molecule has 0 spiro atoms. The van der Waals surface area contributed by atoms with Crippen molar-refractivity contribution in [2.75, 3.05) is 20.8 Å². The Morgan fingerprint density at radius 1 is 1.27 bits per heavy atom. The van der Waals surface area contributed by atoms with E-state index in [1.54, 1.807) is 14.2 Å². The van der Waals surface area contributed by atoms with Crippen LogP contribution in [0.5, 0.6) is 11.5 Å². The first-order chi connectivity index (χ1) is 12.6. The zero-order valence-corrected chi connectivity index (χ0v) is 16.5. The fraction of sp³-hybridized carbons (Fsp3) is 0.667. The minimum Gasteiger partial charge on any atom is -0.496 e. The van der Waals surface area contributed by atoms with Crippen LogP contribution in [0.2, 0.25) is 0 Å². The van der Waals surface area contributed by atoms with Gasteiger partial charge in [0.15, 0.2) is 0 Å². The van der Waals surface area contributed by atoms with Crippen molar-refractivity contribution in [3.63, 3.8) is 0 Å². The maximum atomic E-state index is 11.2. The molecule has 0 saturated heterocycles. The lowest BCUT2D eigenvalue weighted by molar-refractivity contribution is -0.120. The summed E-state index contributed by atoms with van der Waals surface area (Å²) in [5, 5.41) is 6.28. The zero-order valence-electron chi connectivity index (χ0n) is 16.5. The fourth-order valence-corrected chi connectivity index (χ4v) is 3.58. The Bertz CT molecular complexity index is 556. The Balaban J connectivity index is 1.82. The molecule has 1 fully saturated rings. The molecule has 1 aliphatic rings. The number of benzene rings is 1. The van der Waals surface area contributed by atoms with E-state index in [0.29, 0.717) is 25.5 Å². The van der Waals surface area contributed by atoms with Crippen LogP contribution < -0.4 is 20.1 Å². The molecule has 26 heavy (non-hydrogen) atoms. The van der Waals surface area contributed by atoms with Crippen LogP contribution in [0.25, 0.3) is 0 Å². The molecule has 0 bridgehead atoms. The molecule has 0 radical (unpaired) electrons. The highest BCUT2D eigenvalue weighted by Gasteiger charge is 2.19. The third-order valence-electron chi connectivity index (χ3n) is 5.33. The molecule has 1 amide bonds. The van der Waals surface area contributed by atoms with Crippen molar-refractivity contribution >= 4 is 5.91 Å². The van der Waals surface area contributed by atoms with Gasteiger partial charge in [-0.15, -0.1) is 0 Å². The SMILES string of the molecule is CNC(=O)CCCOc1ccc(CNC(C)C2CCCCC2)c(OC)c1. The van der Waals surface area contributed by atoms with Gasteiger partial charge in [0, 0.05) is 37.7 Å². The Morgan fingerprint density at radius 2 is 2.04 bits per heavy atom. The second-order valence-electron chi connectivity index (χ2n) is 7.17. The van der Waals surface area contributed by atoms with E-state index in [1.807, 2.05) is 12.1 Å². The predicted octanol–water partition coefficient (Wildman–Crippen LogP) is 3.66. The van der Waals surface area contributed by atoms with Gasteiger partial charge in [-0.05, 0) is 38.2 Å². The summed E-state index contributed by atoms with van der Waals surface area (Å²) in [6, 6.07) is 6.50. The third-order valence-corrected chi connectivity index (χ3v) is 5.33. The summed E-state index contributed by atoms with van der Waals surface area (Å²) >= 11 is 0. The molecule has 146 valence electrons. The van der Waals surface area contributed by atoms with Crippen molar-refractivity contribution in [3.8, 4) is 11.5 Å². The molecule has 1 aromatic carbocycles. The van der Waals surface area contributed by atoms with Crippen molar-refractivity contribution in [3.05, 3.63) is 23.8 Å². The molecular formula is C21H34N2O3. The van der Waals surface area contributed by atoms with E-state index in [0.717, 1.165) is 29.5 Å². The van der Waals surface area contributed by atoms with E-state index in [-0.39, 0.29) is 5.91 Å². The fourth-order valence-electron chi connectivity index (χ4n) is 3.58. The average Bonchev–Trinajstić information content (AvgIpc) is 2.70. The molecule has 1 aromatic rings. The number of carbonyl (C=O) groups excluding carboxylic acids is 1. The number of ether oxygens (including phenoxy) is 2. The lowest BCUT2D eigenvalue weighted by Crippen LogP contribution is -2.34. The highest BCUT2D eigenvalue weighted by Crippen LogP contribution is 2.28. The van der Waals surface area contributed by atoms with Gasteiger partial charge in [0.05, 0.1) is 13.7 Å². The van der Waals surface area contributed by atoms with Gasteiger partial charge in [-0.3, -0.25) is 4.79 Å². The van der Waals surface area contributed by atoms with E-state index in [2.05, 4.69) is 23.6 Å². The summed E-state index contributed by atoms with van der Waals surface area (Å²) in [5.74, 6) is 2.46. The van der Waals surface area contributed by atoms with E-state index >= 15 is 0 Å². The maximum Gasteiger partial charge on any atom is 0.219 e. The summed E-state index contributed by atoms with van der Waals surface area (Å²) in [6.07, 6.45) is 7.99. The van der Waals surface area contributed by atoms with Gasteiger partial charge in [-0.25, -0.2) is 0 Å². The first kappa shape index (κ1) is 20.6. The Morgan fingerprint density at radius 3 is 2.73 bits per heavy atom. The lowest BCUT2D eigenvalue weighted by atomic mass is 9.84. The molecule has 2 N–H and O–H groups in total. The van der Waals surface area contributed by atoms with Crippen molar-refractivity contribution < 1.29 is 14.3 Å². The van der Waals surface area contributed by atoms with Crippen molar-refractivity contribution in [1.29, 1.82) is 0 Å². The topological polar surface area (TPSA) is 59.6 Å². The van der Waals surface area contributed by atoms with Crippen LogP contribution in [-0.2, 0) is 11.3 Å².